The molecule has 2 N–H and O–H groups in total. The van der Waals surface area contributed by atoms with Crippen molar-refractivity contribution in [2.45, 2.75) is 32.6 Å². The number of hydrogen-bond donors (Lipinski definition) is 2. The second-order valence-corrected chi connectivity index (χ2v) is 3.83. The second-order valence-electron chi connectivity index (χ2n) is 3.83. The molecule has 4 nitrogen and oxygen atoms in total. The summed E-state index contributed by atoms with van der Waals surface area (Å²) in [5.41, 5.74) is 5.32. The summed E-state index contributed by atoms with van der Waals surface area (Å²) in [4.78, 5) is 22.9. The van der Waals surface area contributed by atoms with Crippen LogP contribution in [0.2, 0.25) is 0 Å². The zero-order chi connectivity index (χ0) is 12.5. The Morgan fingerprint density at radius 3 is 2.41 bits per heavy atom. The average molecular weight is 234 g/mol. The van der Waals surface area contributed by atoms with Gasteiger partial charge >= 0.3 is 0 Å². The summed E-state index contributed by atoms with van der Waals surface area (Å²) in [6.45, 7) is 2.08. The summed E-state index contributed by atoms with van der Waals surface area (Å²) < 4.78 is 0. The first-order valence-corrected chi connectivity index (χ1v) is 5.88. The van der Waals surface area contributed by atoms with Gasteiger partial charge in [-0.05, 0) is 18.6 Å². The summed E-state index contributed by atoms with van der Waals surface area (Å²) in [6.07, 6.45) is 3.40. The summed E-state index contributed by atoms with van der Waals surface area (Å²) in [7, 11) is 0. The van der Waals surface area contributed by atoms with Crippen molar-refractivity contribution in [3.8, 4) is 0 Å². The second kappa shape index (κ2) is 7.44. The Hall–Kier alpha value is -1.84. The Kier molecular flexibility index (Phi) is 5.79. The third kappa shape index (κ3) is 5.15. The Balaban J connectivity index is 2.26. The van der Waals surface area contributed by atoms with Crippen LogP contribution < -0.4 is 10.9 Å². The molecular weight excluding hydrogens is 216 g/mol. The minimum Gasteiger partial charge on any atom is -0.273 e. The van der Waals surface area contributed by atoms with Crippen LogP contribution in [0.1, 0.15) is 43.0 Å². The van der Waals surface area contributed by atoms with E-state index in [1.807, 2.05) is 6.07 Å². The van der Waals surface area contributed by atoms with E-state index in [4.69, 9.17) is 0 Å². The highest BCUT2D eigenvalue weighted by Gasteiger charge is 2.05. The summed E-state index contributed by atoms with van der Waals surface area (Å²) in [5, 5.41) is 0. The molecule has 0 aliphatic heterocycles. The van der Waals surface area contributed by atoms with E-state index in [9.17, 15) is 9.59 Å². The highest BCUT2D eigenvalue weighted by molar-refractivity contribution is 5.95. The molecule has 0 spiro atoms. The van der Waals surface area contributed by atoms with Gasteiger partial charge in [-0.3, -0.25) is 20.4 Å². The minimum atomic E-state index is -0.297. The maximum Gasteiger partial charge on any atom is 0.269 e. The van der Waals surface area contributed by atoms with Crippen molar-refractivity contribution in [3.63, 3.8) is 0 Å². The Labute approximate surface area is 101 Å². The third-order valence-electron chi connectivity index (χ3n) is 2.36. The molecule has 0 saturated carbocycles. The van der Waals surface area contributed by atoms with Crippen molar-refractivity contribution in [1.82, 2.24) is 10.9 Å². The number of amides is 2. The molecule has 1 aromatic rings. The Bertz CT molecular complexity index is 363. The number of hydrazine groups is 1. The van der Waals surface area contributed by atoms with Crippen molar-refractivity contribution in [3.05, 3.63) is 35.9 Å². The van der Waals surface area contributed by atoms with Crippen LogP contribution in [0.3, 0.4) is 0 Å². The maximum atomic E-state index is 11.6. The van der Waals surface area contributed by atoms with Crippen LogP contribution in [0.15, 0.2) is 30.3 Å². The summed E-state index contributed by atoms with van der Waals surface area (Å²) in [5.74, 6) is -0.447. The van der Waals surface area contributed by atoms with Gasteiger partial charge < -0.3 is 0 Å². The molecular formula is C13H18N2O2. The largest absolute Gasteiger partial charge is 0.273 e. The molecule has 4 heteroatoms. The smallest absolute Gasteiger partial charge is 0.269 e. The van der Waals surface area contributed by atoms with Gasteiger partial charge in [0.15, 0.2) is 0 Å². The standard InChI is InChI=1S/C13H18N2O2/c1-2-3-5-10-12(16)14-15-13(17)11-8-6-4-7-9-11/h4,6-9H,2-3,5,10H2,1H3,(H,14,16)(H,15,17). The molecule has 0 aliphatic rings. The van der Waals surface area contributed by atoms with Crippen LogP contribution in [0.4, 0.5) is 0 Å². The number of hydrogen-bond acceptors (Lipinski definition) is 2. The number of carbonyl (C=O) groups excluding carboxylic acids is 2. The molecule has 0 fully saturated rings. The lowest BCUT2D eigenvalue weighted by molar-refractivity contribution is -0.121. The van der Waals surface area contributed by atoms with E-state index in [1.165, 1.54) is 0 Å². The van der Waals surface area contributed by atoms with Crippen molar-refractivity contribution in [1.29, 1.82) is 0 Å². The SMILES string of the molecule is CCCCCC(=O)NNC(=O)c1ccccc1. The van der Waals surface area contributed by atoms with Crippen LogP contribution >= 0.6 is 0 Å². The molecule has 1 aromatic carbocycles. The van der Waals surface area contributed by atoms with Crippen molar-refractivity contribution < 1.29 is 9.59 Å². The van der Waals surface area contributed by atoms with E-state index in [1.54, 1.807) is 24.3 Å². The van der Waals surface area contributed by atoms with Crippen LogP contribution in [-0.4, -0.2) is 11.8 Å². The minimum absolute atomic E-state index is 0.150. The fraction of sp³-hybridized carbons (Fsp3) is 0.385. The van der Waals surface area contributed by atoms with Gasteiger partial charge in [-0.2, -0.15) is 0 Å². The molecule has 1 rings (SSSR count). The zero-order valence-electron chi connectivity index (χ0n) is 10.0. The highest BCUT2D eigenvalue weighted by atomic mass is 16.2. The number of unbranched alkanes of at least 4 members (excludes halogenated alkanes) is 2. The van der Waals surface area contributed by atoms with Gasteiger partial charge in [0.05, 0.1) is 0 Å². The Morgan fingerprint density at radius 1 is 1.06 bits per heavy atom. The quantitative estimate of drug-likeness (QED) is 0.605. The molecule has 0 unspecified atom stereocenters. The third-order valence-corrected chi connectivity index (χ3v) is 2.36. The first kappa shape index (κ1) is 13.2. The van der Waals surface area contributed by atoms with Gasteiger partial charge in [0.1, 0.15) is 0 Å². The first-order chi connectivity index (χ1) is 8.24. The summed E-state index contributed by atoms with van der Waals surface area (Å²) >= 11 is 0. The fourth-order valence-electron chi connectivity index (χ4n) is 1.39. The van der Waals surface area contributed by atoms with Crippen molar-refractivity contribution >= 4 is 11.8 Å². The van der Waals surface area contributed by atoms with Crippen LogP contribution in [-0.2, 0) is 4.79 Å². The normalized spacial score (nSPS) is 9.71. The molecule has 0 radical (unpaired) electrons. The average Bonchev–Trinajstić information content (AvgIpc) is 2.37. The van der Waals surface area contributed by atoms with E-state index >= 15 is 0 Å². The van der Waals surface area contributed by atoms with E-state index in [-0.39, 0.29) is 11.8 Å². The number of rotatable bonds is 5. The van der Waals surface area contributed by atoms with Crippen LogP contribution in [0, 0.1) is 0 Å². The summed E-state index contributed by atoms with van der Waals surface area (Å²) in [6, 6.07) is 8.77. The molecule has 17 heavy (non-hydrogen) atoms. The number of carbonyl (C=O) groups is 2. The number of benzene rings is 1. The van der Waals surface area contributed by atoms with Crippen LogP contribution in [0.25, 0.3) is 0 Å². The van der Waals surface area contributed by atoms with E-state index in [2.05, 4.69) is 17.8 Å². The monoisotopic (exact) mass is 234 g/mol. The zero-order valence-corrected chi connectivity index (χ0v) is 10.0. The van der Waals surface area contributed by atoms with Gasteiger partial charge in [-0.1, -0.05) is 38.0 Å². The predicted molar refractivity (Wildman–Crippen MR) is 66.2 cm³/mol. The topological polar surface area (TPSA) is 58.2 Å². The van der Waals surface area contributed by atoms with E-state index in [0.717, 1.165) is 19.3 Å². The lowest BCUT2D eigenvalue weighted by atomic mass is 10.2. The molecule has 0 aliphatic carbocycles. The molecule has 0 heterocycles. The van der Waals surface area contributed by atoms with Crippen molar-refractivity contribution in [2.24, 2.45) is 0 Å². The molecule has 0 saturated heterocycles. The van der Waals surface area contributed by atoms with Gasteiger partial charge in [0.2, 0.25) is 5.91 Å². The highest BCUT2D eigenvalue weighted by Crippen LogP contribution is 1.99. The van der Waals surface area contributed by atoms with E-state index < -0.39 is 0 Å². The van der Waals surface area contributed by atoms with Gasteiger partial charge in [0, 0.05) is 12.0 Å². The molecule has 2 amide bonds. The number of nitrogens with one attached hydrogen (secondary N) is 2. The van der Waals surface area contributed by atoms with Gasteiger partial charge in [-0.15, -0.1) is 0 Å². The predicted octanol–water partition coefficient (Wildman–Crippen LogP) is 2.03. The lowest BCUT2D eigenvalue weighted by Crippen LogP contribution is -2.41. The van der Waals surface area contributed by atoms with Gasteiger partial charge in [0.25, 0.3) is 5.91 Å². The maximum absolute atomic E-state index is 11.6. The molecule has 0 aromatic heterocycles. The van der Waals surface area contributed by atoms with Crippen molar-refractivity contribution in [2.75, 3.05) is 0 Å². The molecule has 0 atom stereocenters. The molecule has 0 bridgehead atoms. The van der Waals surface area contributed by atoms with Crippen LogP contribution in [0.5, 0.6) is 0 Å². The lowest BCUT2D eigenvalue weighted by Gasteiger charge is -2.06. The van der Waals surface area contributed by atoms with Gasteiger partial charge in [-0.25, -0.2) is 0 Å². The fourth-order valence-corrected chi connectivity index (χ4v) is 1.39. The Morgan fingerprint density at radius 2 is 1.76 bits per heavy atom. The van der Waals surface area contributed by atoms with E-state index in [0.29, 0.717) is 12.0 Å². The first-order valence-electron chi connectivity index (χ1n) is 5.88. The molecule has 92 valence electrons.